The number of aromatic nitrogens is 5. The summed E-state index contributed by atoms with van der Waals surface area (Å²) in [6.45, 7) is 1.88. The second kappa shape index (κ2) is 9.43. The molecule has 2 aliphatic rings. The lowest BCUT2D eigenvalue weighted by Crippen LogP contribution is -2.39. The van der Waals surface area contributed by atoms with Crippen LogP contribution in [0.2, 0.25) is 5.02 Å². The van der Waals surface area contributed by atoms with E-state index in [0.29, 0.717) is 67.1 Å². The molecular formula is C24H23ClN6O5S. The van der Waals surface area contributed by atoms with Gasteiger partial charge in [-0.3, -0.25) is 4.79 Å². The first-order valence-corrected chi connectivity index (χ1v) is 13.7. The summed E-state index contributed by atoms with van der Waals surface area (Å²) >= 11 is 6.02. The second-order valence-electron chi connectivity index (χ2n) is 9.01. The molecule has 0 aliphatic carbocycles. The molecule has 4 aromatic rings. The van der Waals surface area contributed by atoms with Gasteiger partial charge in [-0.15, -0.1) is 5.10 Å². The van der Waals surface area contributed by atoms with E-state index in [0.717, 1.165) is 5.56 Å². The monoisotopic (exact) mass is 542 g/mol. The number of halogens is 1. The van der Waals surface area contributed by atoms with Crippen molar-refractivity contribution in [2.24, 2.45) is 0 Å². The van der Waals surface area contributed by atoms with Crippen molar-refractivity contribution in [3.8, 4) is 11.5 Å². The molecule has 0 saturated carbocycles. The number of nitrogens with one attached hydrogen (secondary N) is 1. The van der Waals surface area contributed by atoms with Gasteiger partial charge in [-0.2, -0.15) is 4.31 Å². The zero-order valence-corrected chi connectivity index (χ0v) is 21.2. The third kappa shape index (κ3) is 4.56. The first-order chi connectivity index (χ1) is 17.9. The maximum absolute atomic E-state index is 13.2. The van der Waals surface area contributed by atoms with E-state index >= 15 is 0 Å². The molecule has 2 aromatic heterocycles. The van der Waals surface area contributed by atoms with E-state index in [1.807, 2.05) is 18.2 Å². The minimum absolute atomic E-state index is 0.125. The van der Waals surface area contributed by atoms with Crippen LogP contribution in [-0.4, -0.2) is 64.0 Å². The van der Waals surface area contributed by atoms with Gasteiger partial charge >= 0.3 is 0 Å². The summed E-state index contributed by atoms with van der Waals surface area (Å²) in [6, 6.07) is 11.8. The summed E-state index contributed by atoms with van der Waals surface area (Å²) in [5.41, 5.74) is 0.934. The highest BCUT2D eigenvalue weighted by Gasteiger charge is 2.32. The van der Waals surface area contributed by atoms with Crippen molar-refractivity contribution in [1.29, 1.82) is 0 Å². The average molecular weight is 543 g/mol. The van der Waals surface area contributed by atoms with Gasteiger partial charge in [0.15, 0.2) is 22.7 Å². The predicted octanol–water partition coefficient (Wildman–Crippen LogP) is 2.56. The largest absolute Gasteiger partial charge is 0.486 e. The van der Waals surface area contributed by atoms with Crippen LogP contribution < -0.4 is 15.0 Å². The Morgan fingerprint density at radius 2 is 1.95 bits per heavy atom. The summed E-state index contributed by atoms with van der Waals surface area (Å²) in [4.78, 5) is 20.5. The lowest BCUT2D eigenvalue weighted by molar-refractivity contribution is 0.171. The van der Waals surface area contributed by atoms with Crippen LogP contribution in [0.3, 0.4) is 0 Å². The number of ether oxygens (including phenoxy) is 2. The van der Waals surface area contributed by atoms with Gasteiger partial charge in [-0.1, -0.05) is 28.9 Å². The van der Waals surface area contributed by atoms with Gasteiger partial charge in [0.05, 0.1) is 11.4 Å². The van der Waals surface area contributed by atoms with Crippen LogP contribution in [0.4, 0.5) is 0 Å². The molecule has 6 rings (SSSR count). The van der Waals surface area contributed by atoms with E-state index in [4.69, 9.17) is 26.1 Å². The normalized spacial score (nSPS) is 18.2. The Bertz CT molecular complexity index is 1650. The van der Waals surface area contributed by atoms with Crippen molar-refractivity contribution in [1.82, 2.24) is 29.3 Å². The molecule has 2 aromatic carbocycles. The van der Waals surface area contributed by atoms with Gasteiger partial charge in [0.2, 0.25) is 10.0 Å². The van der Waals surface area contributed by atoms with E-state index in [9.17, 15) is 13.2 Å². The standard InChI is InChI=1S/C24H23ClN6O5S/c25-17-4-1-5-18(12-17)37(33,34)30-8-2-3-16(14-30)22-26-23-21(24(32)27-22)28-29-31(23)13-15-6-7-19-20(11-15)36-10-9-35-19/h1,4-7,11-12,16H,2-3,8-10,13-14H2,(H,26,27,32)/t16-/m0/s1. The highest BCUT2D eigenvalue weighted by molar-refractivity contribution is 7.89. The number of piperidine rings is 1. The number of fused-ring (bicyclic) bond motifs is 2. The molecule has 13 heteroatoms. The van der Waals surface area contributed by atoms with Crippen LogP contribution in [0.5, 0.6) is 11.5 Å². The molecule has 0 radical (unpaired) electrons. The van der Waals surface area contributed by atoms with Crippen LogP contribution in [0, 0.1) is 0 Å². The Balaban J connectivity index is 1.29. The Hall–Kier alpha value is -3.48. The van der Waals surface area contributed by atoms with Gasteiger partial charge in [0.1, 0.15) is 19.0 Å². The smallest absolute Gasteiger partial charge is 0.281 e. The van der Waals surface area contributed by atoms with Crippen LogP contribution in [0.1, 0.15) is 30.1 Å². The Labute approximate surface area is 217 Å². The molecule has 0 spiro atoms. The van der Waals surface area contributed by atoms with E-state index in [2.05, 4.69) is 15.3 Å². The van der Waals surface area contributed by atoms with Crippen molar-refractivity contribution in [3.05, 3.63) is 69.2 Å². The quantitative estimate of drug-likeness (QED) is 0.407. The summed E-state index contributed by atoms with van der Waals surface area (Å²) < 4.78 is 40.7. The first-order valence-electron chi connectivity index (χ1n) is 11.9. The number of H-pyrrole nitrogens is 1. The SMILES string of the molecule is O=c1[nH]c([C@H]2CCCN(S(=O)(=O)c3cccc(Cl)c3)C2)nc2c1nnn2Cc1ccc2c(c1)OCCO2. The van der Waals surface area contributed by atoms with Crippen LogP contribution in [-0.2, 0) is 16.6 Å². The molecule has 0 amide bonds. The van der Waals surface area contributed by atoms with Gasteiger partial charge in [0, 0.05) is 24.0 Å². The van der Waals surface area contributed by atoms with E-state index in [1.54, 1.807) is 16.8 Å². The van der Waals surface area contributed by atoms with E-state index in [1.165, 1.54) is 16.4 Å². The maximum Gasteiger partial charge on any atom is 0.281 e. The molecule has 37 heavy (non-hydrogen) atoms. The summed E-state index contributed by atoms with van der Waals surface area (Å²) in [6.07, 6.45) is 1.31. The molecule has 4 heterocycles. The highest BCUT2D eigenvalue weighted by Crippen LogP contribution is 2.32. The summed E-state index contributed by atoms with van der Waals surface area (Å²) in [5, 5.41) is 8.52. The van der Waals surface area contributed by atoms with Crippen LogP contribution >= 0.6 is 11.6 Å². The van der Waals surface area contributed by atoms with Crippen molar-refractivity contribution in [2.75, 3.05) is 26.3 Å². The predicted molar refractivity (Wildman–Crippen MR) is 135 cm³/mol. The molecular weight excluding hydrogens is 520 g/mol. The molecule has 1 atom stereocenters. The molecule has 192 valence electrons. The third-order valence-electron chi connectivity index (χ3n) is 6.54. The Morgan fingerprint density at radius 1 is 1.11 bits per heavy atom. The highest BCUT2D eigenvalue weighted by atomic mass is 35.5. The van der Waals surface area contributed by atoms with E-state index in [-0.39, 0.29) is 22.9 Å². The number of aromatic amines is 1. The third-order valence-corrected chi connectivity index (χ3v) is 8.63. The van der Waals surface area contributed by atoms with Crippen molar-refractivity contribution >= 4 is 32.8 Å². The van der Waals surface area contributed by atoms with Crippen LogP contribution in [0.15, 0.2) is 52.2 Å². The van der Waals surface area contributed by atoms with Crippen molar-refractivity contribution in [3.63, 3.8) is 0 Å². The number of benzene rings is 2. The zero-order valence-electron chi connectivity index (χ0n) is 19.6. The van der Waals surface area contributed by atoms with Crippen molar-refractivity contribution < 1.29 is 17.9 Å². The summed E-state index contributed by atoms with van der Waals surface area (Å²) in [7, 11) is -3.75. The lowest BCUT2D eigenvalue weighted by Gasteiger charge is -2.31. The molecule has 11 nitrogen and oxygen atoms in total. The van der Waals surface area contributed by atoms with Crippen molar-refractivity contribution in [2.45, 2.75) is 30.2 Å². The lowest BCUT2D eigenvalue weighted by atomic mass is 9.99. The molecule has 1 N–H and O–H groups in total. The van der Waals surface area contributed by atoms with Gasteiger partial charge in [-0.05, 0) is 48.7 Å². The number of hydrogen-bond acceptors (Lipinski definition) is 8. The molecule has 1 fully saturated rings. The zero-order chi connectivity index (χ0) is 25.6. The molecule has 0 unspecified atom stereocenters. The van der Waals surface area contributed by atoms with Gasteiger partial charge in [0.25, 0.3) is 5.56 Å². The second-order valence-corrected chi connectivity index (χ2v) is 11.4. The first kappa shape index (κ1) is 23.9. The van der Waals surface area contributed by atoms with Gasteiger partial charge < -0.3 is 14.5 Å². The maximum atomic E-state index is 13.2. The number of sulfonamides is 1. The average Bonchev–Trinajstić information content (AvgIpc) is 3.32. The molecule has 1 saturated heterocycles. The fourth-order valence-electron chi connectivity index (χ4n) is 4.70. The van der Waals surface area contributed by atoms with E-state index < -0.39 is 15.6 Å². The fraction of sp³-hybridized carbons (Fsp3) is 0.333. The topological polar surface area (TPSA) is 132 Å². The molecule has 0 bridgehead atoms. The van der Waals surface area contributed by atoms with Gasteiger partial charge in [-0.25, -0.2) is 18.1 Å². The summed E-state index contributed by atoms with van der Waals surface area (Å²) in [5.74, 6) is 1.46. The number of rotatable bonds is 5. The van der Waals surface area contributed by atoms with Crippen LogP contribution in [0.25, 0.3) is 11.2 Å². The Kier molecular flexibility index (Phi) is 6.09. The minimum Gasteiger partial charge on any atom is -0.486 e. The Morgan fingerprint density at radius 3 is 2.78 bits per heavy atom. The fourth-order valence-corrected chi connectivity index (χ4v) is 6.53. The number of hydrogen-bond donors (Lipinski definition) is 1. The molecule has 2 aliphatic heterocycles. The minimum atomic E-state index is -3.75. The number of nitrogens with zero attached hydrogens (tertiary/aromatic N) is 5.